The van der Waals surface area contributed by atoms with Gasteiger partial charge in [0.2, 0.25) is 0 Å². The summed E-state index contributed by atoms with van der Waals surface area (Å²) in [6.45, 7) is 1.81. The standard InChI is InChI=1S/C10H14F2N2/c1-6(2)7-5-8(7)9-3-4-14(13-9)10(11)12/h3-4,6-8,10H,5H2,1-2H3/t7-,8+/m1/s1. The van der Waals surface area contributed by atoms with Gasteiger partial charge in [-0.1, -0.05) is 13.8 Å². The van der Waals surface area contributed by atoms with Crippen LogP contribution in [0.1, 0.15) is 38.4 Å². The van der Waals surface area contributed by atoms with Crippen molar-refractivity contribution in [3.63, 3.8) is 0 Å². The highest BCUT2D eigenvalue weighted by Gasteiger charge is 2.41. The first-order valence-electron chi connectivity index (χ1n) is 4.92. The van der Waals surface area contributed by atoms with Crippen LogP contribution < -0.4 is 0 Å². The monoisotopic (exact) mass is 200 g/mol. The van der Waals surface area contributed by atoms with E-state index in [1.807, 2.05) is 0 Å². The molecular weight excluding hydrogens is 186 g/mol. The van der Waals surface area contributed by atoms with Crippen LogP contribution >= 0.6 is 0 Å². The second-order valence-electron chi connectivity index (χ2n) is 4.25. The van der Waals surface area contributed by atoms with Crippen molar-refractivity contribution < 1.29 is 8.78 Å². The second kappa shape index (κ2) is 3.33. The van der Waals surface area contributed by atoms with E-state index in [0.29, 0.717) is 17.8 Å². The molecule has 14 heavy (non-hydrogen) atoms. The van der Waals surface area contributed by atoms with E-state index < -0.39 is 6.55 Å². The lowest BCUT2D eigenvalue weighted by Crippen LogP contribution is -1.99. The zero-order valence-corrected chi connectivity index (χ0v) is 8.32. The van der Waals surface area contributed by atoms with Gasteiger partial charge in [0.1, 0.15) is 0 Å². The largest absolute Gasteiger partial charge is 0.333 e. The van der Waals surface area contributed by atoms with Gasteiger partial charge in [-0.3, -0.25) is 0 Å². The fourth-order valence-corrected chi connectivity index (χ4v) is 1.95. The maximum atomic E-state index is 12.2. The number of nitrogens with zero attached hydrogens (tertiary/aromatic N) is 2. The molecule has 2 atom stereocenters. The molecule has 2 rings (SSSR count). The predicted octanol–water partition coefficient (Wildman–Crippen LogP) is 3.04. The molecule has 0 aromatic carbocycles. The third-order valence-corrected chi connectivity index (χ3v) is 2.90. The van der Waals surface area contributed by atoms with Gasteiger partial charge in [-0.25, -0.2) is 4.68 Å². The molecule has 1 heterocycles. The molecule has 1 aliphatic carbocycles. The van der Waals surface area contributed by atoms with Crippen LogP contribution in [0.5, 0.6) is 0 Å². The van der Waals surface area contributed by atoms with Crippen LogP contribution in [0, 0.1) is 11.8 Å². The summed E-state index contributed by atoms with van der Waals surface area (Å²) >= 11 is 0. The highest BCUT2D eigenvalue weighted by atomic mass is 19.3. The zero-order valence-electron chi connectivity index (χ0n) is 8.32. The van der Waals surface area contributed by atoms with Crippen LogP contribution in [0.2, 0.25) is 0 Å². The Kier molecular flexibility index (Phi) is 2.29. The first-order valence-corrected chi connectivity index (χ1v) is 4.92. The quantitative estimate of drug-likeness (QED) is 0.733. The zero-order chi connectivity index (χ0) is 10.3. The van der Waals surface area contributed by atoms with E-state index >= 15 is 0 Å². The summed E-state index contributed by atoms with van der Waals surface area (Å²) in [6.07, 6.45) is 2.45. The summed E-state index contributed by atoms with van der Waals surface area (Å²) in [5.41, 5.74) is 0.823. The molecule has 4 heteroatoms. The molecule has 0 saturated heterocycles. The van der Waals surface area contributed by atoms with Crippen LogP contribution in [0.3, 0.4) is 0 Å². The van der Waals surface area contributed by atoms with Gasteiger partial charge in [-0.2, -0.15) is 13.9 Å². The first-order chi connectivity index (χ1) is 6.59. The molecule has 0 unspecified atom stereocenters. The van der Waals surface area contributed by atoms with Crippen molar-refractivity contribution >= 4 is 0 Å². The summed E-state index contributed by atoms with van der Waals surface area (Å²) in [7, 11) is 0. The minimum absolute atomic E-state index is 0.412. The lowest BCUT2D eigenvalue weighted by molar-refractivity contribution is 0.0561. The smallest absolute Gasteiger partial charge is 0.211 e. The Morgan fingerprint density at radius 3 is 2.64 bits per heavy atom. The second-order valence-corrected chi connectivity index (χ2v) is 4.25. The van der Waals surface area contributed by atoms with Crippen molar-refractivity contribution in [2.45, 2.75) is 32.7 Å². The normalized spacial score (nSPS) is 26.1. The van der Waals surface area contributed by atoms with E-state index in [9.17, 15) is 8.78 Å². The highest BCUT2D eigenvalue weighted by molar-refractivity contribution is 5.16. The van der Waals surface area contributed by atoms with Gasteiger partial charge >= 0.3 is 6.55 Å². The lowest BCUT2D eigenvalue weighted by atomic mass is 10.1. The number of halogens is 2. The molecule has 78 valence electrons. The third-order valence-electron chi connectivity index (χ3n) is 2.90. The Morgan fingerprint density at radius 2 is 2.21 bits per heavy atom. The lowest BCUT2D eigenvalue weighted by Gasteiger charge is -2.00. The van der Waals surface area contributed by atoms with Gasteiger partial charge in [-0.05, 0) is 24.3 Å². The van der Waals surface area contributed by atoms with Crippen molar-refractivity contribution in [1.82, 2.24) is 9.78 Å². The van der Waals surface area contributed by atoms with Gasteiger partial charge in [0, 0.05) is 12.1 Å². The predicted molar refractivity (Wildman–Crippen MR) is 49.2 cm³/mol. The molecule has 1 aromatic heterocycles. The fraction of sp³-hybridized carbons (Fsp3) is 0.700. The van der Waals surface area contributed by atoms with Gasteiger partial charge in [0.15, 0.2) is 0 Å². The van der Waals surface area contributed by atoms with Crippen LogP contribution in [0.4, 0.5) is 8.78 Å². The van der Waals surface area contributed by atoms with Gasteiger partial charge in [0.25, 0.3) is 0 Å². The molecular formula is C10H14F2N2. The van der Waals surface area contributed by atoms with E-state index in [1.165, 1.54) is 6.20 Å². The van der Waals surface area contributed by atoms with Crippen LogP contribution in [0.15, 0.2) is 12.3 Å². The number of rotatable bonds is 3. The van der Waals surface area contributed by atoms with Crippen molar-refractivity contribution in [3.8, 4) is 0 Å². The molecule has 0 amide bonds. The van der Waals surface area contributed by atoms with E-state index in [2.05, 4.69) is 18.9 Å². The summed E-state index contributed by atoms with van der Waals surface area (Å²) in [5, 5.41) is 3.87. The number of aromatic nitrogens is 2. The average molecular weight is 200 g/mol. The number of alkyl halides is 2. The van der Waals surface area contributed by atoms with Crippen molar-refractivity contribution in [1.29, 1.82) is 0 Å². The molecule has 0 N–H and O–H groups in total. The summed E-state index contributed by atoms with van der Waals surface area (Å²) < 4.78 is 25.2. The minimum Gasteiger partial charge on any atom is -0.211 e. The van der Waals surface area contributed by atoms with Crippen LogP contribution in [-0.2, 0) is 0 Å². The van der Waals surface area contributed by atoms with Crippen molar-refractivity contribution in [3.05, 3.63) is 18.0 Å². The first kappa shape index (κ1) is 9.62. The minimum atomic E-state index is -2.51. The van der Waals surface area contributed by atoms with Gasteiger partial charge in [-0.15, -0.1) is 0 Å². The van der Waals surface area contributed by atoms with Crippen molar-refractivity contribution in [2.75, 3.05) is 0 Å². The third kappa shape index (κ3) is 1.65. The molecule has 0 spiro atoms. The van der Waals surface area contributed by atoms with Gasteiger partial charge in [0.05, 0.1) is 5.69 Å². The fourth-order valence-electron chi connectivity index (χ4n) is 1.95. The molecule has 1 saturated carbocycles. The molecule has 0 aliphatic heterocycles. The van der Waals surface area contributed by atoms with Crippen LogP contribution in [0.25, 0.3) is 0 Å². The highest BCUT2D eigenvalue weighted by Crippen LogP contribution is 2.51. The Morgan fingerprint density at radius 1 is 1.50 bits per heavy atom. The molecule has 1 aromatic rings. The molecule has 0 bridgehead atoms. The van der Waals surface area contributed by atoms with E-state index in [4.69, 9.17) is 0 Å². The maximum Gasteiger partial charge on any atom is 0.333 e. The SMILES string of the molecule is CC(C)[C@H]1C[C@@H]1c1ccn(C(F)F)n1. The molecule has 2 nitrogen and oxygen atoms in total. The summed E-state index contributed by atoms with van der Waals surface area (Å²) in [4.78, 5) is 0. The average Bonchev–Trinajstić information content (AvgIpc) is 2.76. The summed E-state index contributed by atoms with van der Waals surface area (Å²) in [6, 6.07) is 1.71. The number of hydrogen-bond donors (Lipinski definition) is 0. The molecule has 1 fully saturated rings. The van der Waals surface area contributed by atoms with E-state index in [0.717, 1.165) is 16.8 Å². The Bertz CT molecular complexity index is 320. The van der Waals surface area contributed by atoms with Gasteiger partial charge < -0.3 is 0 Å². The summed E-state index contributed by atoms with van der Waals surface area (Å²) in [5.74, 6) is 1.67. The Balaban J connectivity index is 2.05. The number of hydrogen-bond acceptors (Lipinski definition) is 1. The Hall–Kier alpha value is -0.930. The van der Waals surface area contributed by atoms with E-state index in [1.54, 1.807) is 6.07 Å². The van der Waals surface area contributed by atoms with Crippen LogP contribution in [-0.4, -0.2) is 9.78 Å². The maximum absolute atomic E-state index is 12.2. The Labute approximate surface area is 81.9 Å². The molecule has 1 aliphatic rings. The topological polar surface area (TPSA) is 17.8 Å². The van der Waals surface area contributed by atoms with E-state index in [-0.39, 0.29) is 0 Å². The molecule has 0 radical (unpaired) electrons. The van der Waals surface area contributed by atoms with Crippen molar-refractivity contribution in [2.24, 2.45) is 11.8 Å².